The maximum absolute atomic E-state index is 5.83. The maximum Gasteiger partial charge on any atom is 0.241 e. The highest BCUT2D eigenvalue weighted by Crippen LogP contribution is 2.24. The van der Waals surface area contributed by atoms with Crippen molar-refractivity contribution in [3.05, 3.63) is 11.0 Å². The van der Waals surface area contributed by atoms with Gasteiger partial charge in [-0.1, -0.05) is 0 Å². The van der Waals surface area contributed by atoms with Gasteiger partial charge in [0.25, 0.3) is 0 Å². The summed E-state index contributed by atoms with van der Waals surface area (Å²) in [6, 6.07) is 0. The molecule has 0 aromatic carbocycles. The van der Waals surface area contributed by atoms with E-state index in [-0.39, 0.29) is 10.8 Å². The second-order valence-electron chi connectivity index (χ2n) is 4.79. The third-order valence-electron chi connectivity index (χ3n) is 2.85. The van der Waals surface area contributed by atoms with Gasteiger partial charge in [-0.3, -0.25) is 0 Å². The van der Waals surface area contributed by atoms with Gasteiger partial charge in [0, 0.05) is 5.54 Å². The first kappa shape index (κ1) is 14.0. The number of ether oxygens (including phenoxy) is 1. The van der Waals surface area contributed by atoms with Gasteiger partial charge in [0.2, 0.25) is 11.2 Å². The summed E-state index contributed by atoms with van der Waals surface area (Å²) in [4.78, 5) is 10.0. The fourth-order valence-corrected chi connectivity index (χ4v) is 1.21. The van der Waals surface area contributed by atoms with E-state index in [1.165, 1.54) is 0 Å². The molecule has 0 amide bonds. The number of rotatable bonds is 4. The zero-order valence-corrected chi connectivity index (χ0v) is 11.7. The van der Waals surface area contributed by atoms with E-state index in [1.807, 2.05) is 14.1 Å². The zero-order valence-electron chi connectivity index (χ0n) is 10.9. The summed E-state index contributed by atoms with van der Waals surface area (Å²) >= 11 is 5.77. The van der Waals surface area contributed by atoms with Crippen LogP contribution in [-0.4, -0.2) is 41.1 Å². The van der Waals surface area contributed by atoms with Crippen molar-refractivity contribution in [1.29, 1.82) is 0 Å². The van der Waals surface area contributed by atoms with E-state index in [9.17, 15) is 0 Å². The van der Waals surface area contributed by atoms with Crippen LogP contribution in [0.15, 0.2) is 0 Å². The van der Waals surface area contributed by atoms with Crippen molar-refractivity contribution in [2.45, 2.75) is 26.3 Å². The highest BCUT2D eigenvalue weighted by molar-refractivity contribution is 6.28. The number of aryl methyl sites for hydroxylation is 1. The molecule has 5 nitrogen and oxygen atoms in total. The summed E-state index contributed by atoms with van der Waals surface area (Å²) in [6.45, 7) is 6.38. The Kier molecular flexibility index (Phi) is 4.16. The molecule has 0 unspecified atom stereocenters. The fourth-order valence-electron chi connectivity index (χ4n) is 1.01. The Labute approximate surface area is 107 Å². The predicted octanol–water partition coefficient (Wildman–Crippen LogP) is 1.74. The lowest BCUT2D eigenvalue weighted by Gasteiger charge is -2.32. The van der Waals surface area contributed by atoms with E-state index in [0.29, 0.717) is 23.9 Å². The van der Waals surface area contributed by atoms with Gasteiger partial charge >= 0.3 is 0 Å². The summed E-state index contributed by atoms with van der Waals surface area (Å²) in [5.41, 5.74) is 6.78. The van der Waals surface area contributed by atoms with Gasteiger partial charge in [-0.25, -0.2) is 4.98 Å². The van der Waals surface area contributed by atoms with Crippen LogP contribution in [0, 0.1) is 6.92 Å². The third-order valence-corrected chi connectivity index (χ3v) is 3.02. The van der Waals surface area contributed by atoms with E-state index < -0.39 is 0 Å². The smallest absolute Gasteiger partial charge is 0.241 e. The molecule has 1 aromatic heterocycles. The molecule has 6 heteroatoms. The number of hydrogen-bond acceptors (Lipinski definition) is 5. The molecule has 0 bridgehead atoms. The van der Waals surface area contributed by atoms with Crippen LogP contribution in [-0.2, 0) is 0 Å². The Morgan fingerprint density at radius 2 is 1.94 bits per heavy atom. The molecule has 0 radical (unpaired) electrons. The molecule has 1 heterocycles. The number of nitrogens with two attached hydrogens (primary N) is 1. The van der Waals surface area contributed by atoms with Gasteiger partial charge in [0.15, 0.2) is 0 Å². The molecule has 0 aliphatic rings. The first-order chi connectivity index (χ1) is 7.74. The molecule has 1 rings (SSSR count). The van der Waals surface area contributed by atoms with Crippen molar-refractivity contribution < 1.29 is 4.74 Å². The second kappa shape index (κ2) is 5.06. The summed E-state index contributed by atoms with van der Waals surface area (Å²) in [6.07, 6.45) is 0. The Balaban J connectivity index is 2.83. The SMILES string of the molecule is Cc1nc(Cl)nc(OCC(C)(C)N(C)C)c1N. The Hall–Kier alpha value is -1.07. The molecule has 0 fully saturated rings. The second-order valence-corrected chi connectivity index (χ2v) is 5.13. The summed E-state index contributed by atoms with van der Waals surface area (Å²) < 4.78 is 5.62. The van der Waals surface area contributed by atoms with Gasteiger partial charge in [0.1, 0.15) is 12.3 Å². The molecule has 2 N–H and O–H groups in total. The molecule has 17 heavy (non-hydrogen) atoms. The van der Waals surface area contributed by atoms with Gasteiger partial charge in [-0.15, -0.1) is 0 Å². The Bertz CT molecular complexity index is 407. The molecular formula is C11H19ClN4O. The minimum Gasteiger partial charge on any atom is -0.474 e. The van der Waals surface area contributed by atoms with Gasteiger partial charge in [-0.2, -0.15) is 4.98 Å². The minimum atomic E-state index is -0.113. The van der Waals surface area contributed by atoms with Crippen molar-refractivity contribution in [3.8, 4) is 5.88 Å². The van der Waals surface area contributed by atoms with Gasteiger partial charge in [0.05, 0.1) is 5.69 Å². The zero-order chi connectivity index (χ0) is 13.2. The van der Waals surface area contributed by atoms with Crippen LogP contribution < -0.4 is 10.5 Å². The molecule has 96 valence electrons. The first-order valence-electron chi connectivity index (χ1n) is 5.34. The molecular weight excluding hydrogens is 240 g/mol. The monoisotopic (exact) mass is 258 g/mol. The van der Waals surface area contributed by atoms with Crippen molar-refractivity contribution in [1.82, 2.24) is 14.9 Å². The minimum absolute atomic E-state index is 0.113. The largest absolute Gasteiger partial charge is 0.474 e. The van der Waals surface area contributed by atoms with Crippen molar-refractivity contribution in [2.24, 2.45) is 0 Å². The predicted molar refractivity (Wildman–Crippen MR) is 69.5 cm³/mol. The average molecular weight is 259 g/mol. The number of halogens is 1. The van der Waals surface area contributed by atoms with Gasteiger partial charge < -0.3 is 15.4 Å². The number of nitrogen functional groups attached to an aromatic ring is 1. The van der Waals surface area contributed by atoms with E-state index in [1.54, 1.807) is 6.92 Å². The molecule has 0 saturated heterocycles. The summed E-state index contributed by atoms with van der Waals surface area (Å²) in [5.74, 6) is 0.345. The van der Waals surface area contributed by atoms with Crippen LogP contribution in [0.5, 0.6) is 5.88 Å². The standard InChI is InChI=1S/C11H19ClN4O/c1-7-8(13)9(15-10(12)14-7)17-6-11(2,3)16(4)5/h6,13H2,1-5H3. The Morgan fingerprint density at radius 1 is 1.35 bits per heavy atom. The molecule has 0 spiro atoms. The van der Waals surface area contributed by atoms with E-state index in [2.05, 4.69) is 28.7 Å². The van der Waals surface area contributed by atoms with Crippen molar-refractivity contribution in [2.75, 3.05) is 26.4 Å². The number of likely N-dealkylation sites (N-methyl/N-ethyl adjacent to an activating group) is 1. The topological polar surface area (TPSA) is 64.3 Å². The number of nitrogens with zero attached hydrogens (tertiary/aromatic N) is 3. The van der Waals surface area contributed by atoms with Gasteiger partial charge in [-0.05, 0) is 46.5 Å². The molecule has 0 atom stereocenters. The summed E-state index contributed by atoms with van der Waals surface area (Å²) in [7, 11) is 3.98. The highest BCUT2D eigenvalue weighted by atomic mass is 35.5. The number of aromatic nitrogens is 2. The van der Waals surface area contributed by atoms with Crippen molar-refractivity contribution in [3.63, 3.8) is 0 Å². The van der Waals surface area contributed by atoms with Crippen LogP contribution in [0.3, 0.4) is 0 Å². The molecule has 0 aliphatic carbocycles. The third kappa shape index (κ3) is 3.44. The maximum atomic E-state index is 5.83. The van der Waals surface area contributed by atoms with Crippen LogP contribution in [0.1, 0.15) is 19.5 Å². The summed E-state index contributed by atoms with van der Waals surface area (Å²) in [5, 5.41) is 0.148. The lowest BCUT2D eigenvalue weighted by Crippen LogP contribution is -2.43. The van der Waals surface area contributed by atoms with Crippen LogP contribution in [0.25, 0.3) is 0 Å². The van der Waals surface area contributed by atoms with Crippen LogP contribution in [0.2, 0.25) is 5.28 Å². The van der Waals surface area contributed by atoms with Crippen LogP contribution >= 0.6 is 11.6 Å². The number of hydrogen-bond donors (Lipinski definition) is 1. The van der Waals surface area contributed by atoms with E-state index in [4.69, 9.17) is 22.1 Å². The fraction of sp³-hybridized carbons (Fsp3) is 0.636. The van der Waals surface area contributed by atoms with E-state index in [0.717, 1.165) is 0 Å². The first-order valence-corrected chi connectivity index (χ1v) is 5.71. The molecule has 0 aliphatic heterocycles. The highest BCUT2D eigenvalue weighted by Gasteiger charge is 2.22. The lowest BCUT2D eigenvalue weighted by molar-refractivity contribution is 0.111. The van der Waals surface area contributed by atoms with Crippen LogP contribution in [0.4, 0.5) is 5.69 Å². The van der Waals surface area contributed by atoms with E-state index >= 15 is 0 Å². The molecule has 0 saturated carbocycles. The molecule has 1 aromatic rings. The quantitative estimate of drug-likeness (QED) is 0.834. The number of anilines is 1. The lowest BCUT2D eigenvalue weighted by atomic mass is 10.1. The van der Waals surface area contributed by atoms with Crippen molar-refractivity contribution >= 4 is 17.3 Å². The normalized spacial score (nSPS) is 11.9. The Morgan fingerprint density at radius 3 is 2.47 bits per heavy atom. The average Bonchev–Trinajstić information content (AvgIpc) is 2.21.